The number of thioether (sulfide) groups is 1. The lowest BCUT2D eigenvalue weighted by Crippen LogP contribution is -2.59. The van der Waals surface area contributed by atoms with Crippen LogP contribution in [0.3, 0.4) is 0 Å². The van der Waals surface area contributed by atoms with Crippen LogP contribution in [-0.4, -0.2) is 90.6 Å². The second-order valence-corrected chi connectivity index (χ2v) is 9.32. The Morgan fingerprint density at radius 1 is 1.10 bits per heavy atom. The van der Waals surface area contributed by atoms with Crippen molar-refractivity contribution in [2.45, 2.75) is 31.2 Å². The van der Waals surface area contributed by atoms with Gasteiger partial charge >= 0.3 is 0 Å². The Morgan fingerprint density at radius 3 is 2.45 bits per heavy atom. The minimum absolute atomic E-state index is 0. The molecule has 2 aliphatic heterocycles. The van der Waals surface area contributed by atoms with Gasteiger partial charge in [-0.2, -0.15) is 11.8 Å². The van der Waals surface area contributed by atoms with E-state index >= 15 is 0 Å². The highest BCUT2D eigenvalue weighted by Gasteiger charge is 2.40. The molecule has 1 N–H and O–H groups in total. The van der Waals surface area contributed by atoms with Gasteiger partial charge in [-0.25, -0.2) is 4.98 Å². The summed E-state index contributed by atoms with van der Waals surface area (Å²) in [5.41, 5.74) is 0.340. The van der Waals surface area contributed by atoms with Gasteiger partial charge in [0.05, 0.1) is 0 Å². The number of anilines is 1. The van der Waals surface area contributed by atoms with Crippen molar-refractivity contribution in [3.8, 4) is 0 Å². The van der Waals surface area contributed by atoms with Gasteiger partial charge in [-0.1, -0.05) is 18.9 Å². The Hall–Kier alpha value is -0.740. The second-order valence-electron chi connectivity index (χ2n) is 8.09. The fraction of sp³-hybridized carbons (Fsp3) is 0.714. The van der Waals surface area contributed by atoms with Crippen molar-refractivity contribution < 1.29 is 0 Å². The molecule has 0 unspecified atom stereocenters. The van der Waals surface area contributed by atoms with Crippen LogP contribution in [0.4, 0.5) is 5.82 Å². The van der Waals surface area contributed by atoms with Gasteiger partial charge in [-0.05, 0) is 25.0 Å². The monoisotopic (exact) mass is 530 g/mol. The number of hydrogen-bond donors (Lipinski definition) is 1. The molecule has 0 amide bonds. The molecule has 0 bridgehead atoms. The molecule has 6 nitrogen and oxygen atoms in total. The number of pyridine rings is 1. The first-order valence-electron chi connectivity index (χ1n) is 10.8. The summed E-state index contributed by atoms with van der Waals surface area (Å²) in [6.07, 6.45) is 7.27. The normalized spacial score (nSPS) is 23.0. The third kappa shape index (κ3) is 5.50. The summed E-state index contributed by atoms with van der Waals surface area (Å²) < 4.78 is 0. The van der Waals surface area contributed by atoms with Crippen molar-refractivity contribution in [3.05, 3.63) is 24.4 Å². The summed E-state index contributed by atoms with van der Waals surface area (Å²) in [7, 11) is 1.92. The smallest absolute Gasteiger partial charge is 0.193 e. The summed E-state index contributed by atoms with van der Waals surface area (Å²) >= 11 is 2.10. The van der Waals surface area contributed by atoms with E-state index in [-0.39, 0.29) is 24.0 Å². The van der Waals surface area contributed by atoms with E-state index in [9.17, 15) is 0 Å². The Bertz CT molecular complexity index is 638. The lowest BCUT2D eigenvalue weighted by Gasteiger charge is -2.44. The zero-order valence-electron chi connectivity index (χ0n) is 17.6. The third-order valence-corrected chi connectivity index (χ3v) is 7.50. The molecule has 0 aromatic carbocycles. The van der Waals surface area contributed by atoms with Crippen LogP contribution in [0.5, 0.6) is 0 Å². The molecule has 162 valence electrons. The van der Waals surface area contributed by atoms with Gasteiger partial charge in [0.2, 0.25) is 0 Å². The van der Waals surface area contributed by atoms with Gasteiger partial charge in [0.1, 0.15) is 5.82 Å². The zero-order valence-corrected chi connectivity index (χ0v) is 20.7. The van der Waals surface area contributed by atoms with Crippen molar-refractivity contribution in [2.24, 2.45) is 4.99 Å². The molecule has 4 rings (SSSR count). The average molecular weight is 531 g/mol. The van der Waals surface area contributed by atoms with Crippen molar-refractivity contribution in [3.63, 3.8) is 0 Å². The van der Waals surface area contributed by atoms with E-state index in [4.69, 9.17) is 0 Å². The van der Waals surface area contributed by atoms with Crippen LogP contribution in [0, 0.1) is 0 Å². The van der Waals surface area contributed by atoms with Crippen molar-refractivity contribution in [2.75, 3.05) is 69.3 Å². The average Bonchev–Trinajstić information content (AvgIpc) is 3.26. The molecule has 2 saturated heterocycles. The van der Waals surface area contributed by atoms with E-state index in [1.165, 1.54) is 50.3 Å². The van der Waals surface area contributed by atoms with Gasteiger partial charge in [-0.3, -0.25) is 9.89 Å². The van der Waals surface area contributed by atoms with Gasteiger partial charge in [-0.15, -0.1) is 24.0 Å². The van der Waals surface area contributed by atoms with E-state index in [2.05, 4.69) is 53.9 Å². The highest BCUT2D eigenvalue weighted by atomic mass is 127. The summed E-state index contributed by atoms with van der Waals surface area (Å²) in [5.74, 6) is 4.72. The van der Waals surface area contributed by atoms with Crippen molar-refractivity contribution >= 4 is 47.5 Å². The largest absolute Gasteiger partial charge is 0.354 e. The Morgan fingerprint density at radius 2 is 1.83 bits per heavy atom. The molecule has 29 heavy (non-hydrogen) atoms. The van der Waals surface area contributed by atoms with E-state index in [0.29, 0.717) is 5.54 Å². The number of hydrogen-bond acceptors (Lipinski definition) is 5. The van der Waals surface area contributed by atoms with E-state index in [1.807, 2.05) is 19.3 Å². The number of nitrogens with one attached hydrogen (secondary N) is 1. The van der Waals surface area contributed by atoms with Crippen molar-refractivity contribution in [1.29, 1.82) is 0 Å². The fourth-order valence-electron chi connectivity index (χ4n) is 4.94. The summed E-state index contributed by atoms with van der Waals surface area (Å²) in [6.45, 7) is 7.48. The first kappa shape index (κ1) is 22.9. The summed E-state index contributed by atoms with van der Waals surface area (Å²) in [6, 6.07) is 6.14. The molecule has 0 atom stereocenters. The molecule has 1 aliphatic carbocycles. The number of guanidine groups is 1. The minimum Gasteiger partial charge on any atom is -0.354 e. The van der Waals surface area contributed by atoms with Crippen LogP contribution in [0.1, 0.15) is 25.7 Å². The molecule has 3 heterocycles. The van der Waals surface area contributed by atoms with Crippen LogP contribution in [0.15, 0.2) is 29.4 Å². The van der Waals surface area contributed by atoms with Gasteiger partial charge in [0, 0.05) is 76.1 Å². The Kier molecular flexibility index (Phi) is 8.73. The maximum absolute atomic E-state index is 4.62. The number of nitrogens with zero attached hydrogens (tertiary/aromatic N) is 5. The first-order chi connectivity index (χ1) is 13.8. The molecule has 8 heteroatoms. The molecular weight excluding hydrogens is 495 g/mol. The number of rotatable bonds is 4. The molecule has 0 spiro atoms. The van der Waals surface area contributed by atoms with Gasteiger partial charge in [0.15, 0.2) is 5.96 Å². The van der Waals surface area contributed by atoms with Crippen LogP contribution in [0.25, 0.3) is 0 Å². The molecular formula is C21H35IN6S. The lowest BCUT2D eigenvalue weighted by molar-refractivity contribution is 0.106. The molecule has 3 aliphatic rings. The first-order valence-corrected chi connectivity index (χ1v) is 11.9. The lowest BCUT2D eigenvalue weighted by atomic mass is 9.94. The topological polar surface area (TPSA) is 47.0 Å². The van der Waals surface area contributed by atoms with Crippen LogP contribution >= 0.6 is 35.7 Å². The summed E-state index contributed by atoms with van der Waals surface area (Å²) in [5, 5.41) is 3.77. The highest BCUT2D eigenvalue weighted by molar-refractivity contribution is 14.0. The van der Waals surface area contributed by atoms with Crippen LogP contribution in [0.2, 0.25) is 0 Å². The van der Waals surface area contributed by atoms with Gasteiger partial charge in [0.25, 0.3) is 0 Å². The van der Waals surface area contributed by atoms with E-state index < -0.39 is 0 Å². The maximum Gasteiger partial charge on any atom is 0.193 e. The van der Waals surface area contributed by atoms with Crippen molar-refractivity contribution in [1.82, 2.24) is 20.1 Å². The SMILES string of the molecule is CN=C(NCC1(N2CCSCC2)CCCC1)N1CCN(c2ccccn2)CC1.I. The zero-order chi connectivity index (χ0) is 19.2. The molecule has 1 saturated carbocycles. The second kappa shape index (κ2) is 11.0. The summed E-state index contributed by atoms with van der Waals surface area (Å²) in [4.78, 5) is 16.7. The number of piperazine rings is 1. The Labute approximate surface area is 196 Å². The minimum atomic E-state index is 0. The predicted octanol–water partition coefficient (Wildman–Crippen LogP) is 2.76. The van der Waals surface area contributed by atoms with Crippen LogP contribution in [-0.2, 0) is 0 Å². The quantitative estimate of drug-likeness (QED) is 0.367. The van der Waals surface area contributed by atoms with Gasteiger partial charge < -0.3 is 15.1 Å². The van der Waals surface area contributed by atoms with E-state index in [1.54, 1.807) is 0 Å². The third-order valence-electron chi connectivity index (χ3n) is 6.56. The predicted molar refractivity (Wildman–Crippen MR) is 135 cm³/mol. The molecule has 3 fully saturated rings. The molecule has 1 aromatic heterocycles. The molecule has 0 radical (unpaired) electrons. The fourth-order valence-corrected chi connectivity index (χ4v) is 5.84. The molecule has 1 aromatic rings. The number of aliphatic imine (C=N–C) groups is 1. The Balaban J connectivity index is 0.00000240. The standard InChI is InChI=1S/C21H34N6S.HI/c1-22-20(26-12-10-25(11-13-26)19-6-2-5-9-23-19)24-18-21(7-3-4-8-21)27-14-16-28-17-15-27;/h2,5-6,9H,3-4,7-8,10-18H2,1H3,(H,22,24);1H. The number of halogens is 1. The maximum atomic E-state index is 4.62. The highest BCUT2D eigenvalue weighted by Crippen LogP contribution is 2.36. The van der Waals surface area contributed by atoms with E-state index in [0.717, 1.165) is 44.5 Å². The number of aromatic nitrogens is 1. The van der Waals surface area contributed by atoms with Crippen LogP contribution < -0.4 is 10.2 Å².